The van der Waals surface area contributed by atoms with Crippen molar-refractivity contribution in [3.8, 4) is 22.9 Å². The van der Waals surface area contributed by atoms with E-state index in [1.54, 1.807) is 21.8 Å². The first-order valence-electron chi connectivity index (χ1n) is 22.9. The number of fused-ring (bicyclic) bond motifs is 2. The minimum atomic E-state index is -0.603. The van der Waals surface area contributed by atoms with Crippen molar-refractivity contribution in [3.05, 3.63) is 77.2 Å². The number of piperidine rings is 3. The Labute approximate surface area is 368 Å². The number of aromatic nitrogens is 3. The molecule has 330 valence electrons. The predicted octanol–water partition coefficient (Wildman–Crippen LogP) is 4.84. The maximum absolute atomic E-state index is 13.4. The number of amides is 4. The van der Waals surface area contributed by atoms with Gasteiger partial charge in [0.1, 0.15) is 23.7 Å². The van der Waals surface area contributed by atoms with Crippen molar-refractivity contribution in [2.45, 2.75) is 83.7 Å². The van der Waals surface area contributed by atoms with Gasteiger partial charge >= 0.3 is 0 Å². The molecule has 0 radical (unpaired) electrons. The fourth-order valence-corrected chi connectivity index (χ4v) is 10.6. The molecule has 5 aliphatic rings. The van der Waals surface area contributed by atoms with Gasteiger partial charge in [-0.3, -0.25) is 29.4 Å². The predicted molar refractivity (Wildman–Crippen MR) is 237 cm³/mol. The third-order valence-electron chi connectivity index (χ3n) is 14.5. The Morgan fingerprint density at radius 1 is 0.921 bits per heavy atom. The lowest BCUT2D eigenvalue weighted by molar-refractivity contribution is -0.137. The number of hydrogen-bond donors (Lipinski definition) is 1. The summed E-state index contributed by atoms with van der Waals surface area (Å²) < 4.78 is 7.50. The van der Waals surface area contributed by atoms with Crippen molar-refractivity contribution in [1.29, 1.82) is 5.26 Å². The average molecular weight is 855 g/mol. The van der Waals surface area contributed by atoms with Crippen LogP contribution in [0.2, 0.25) is 0 Å². The Kier molecular flexibility index (Phi) is 12.2. The minimum Gasteiger partial charge on any atom is -0.492 e. The van der Waals surface area contributed by atoms with Gasteiger partial charge in [0, 0.05) is 94.6 Å². The number of rotatable bonds is 12. The number of nitriles is 1. The van der Waals surface area contributed by atoms with E-state index in [9.17, 15) is 24.4 Å². The highest BCUT2D eigenvalue weighted by Gasteiger charge is 2.40. The van der Waals surface area contributed by atoms with E-state index < -0.39 is 6.04 Å². The molecule has 8 heterocycles. The number of piperazine rings is 1. The normalized spacial score (nSPS) is 21.1. The summed E-state index contributed by atoms with van der Waals surface area (Å²) in [6.07, 6.45) is 11.8. The van der Waals surface area contributed by atoms with Crippen molar-refractivity contribution in [3.63, 3.8) is 0 Å². The van der Waals surface area contributed by atoms with Gasteiger partial charge in [0.25, 0.3) is 5.91 Å². The van der Waals surface area contributed by atoms with Gasteiger partial charge in [-0.05, 0) is 105 Å². The average Bonchev–Trinajstić information content (AvgIpc) is 3.88. The van der Waals surface area contributed by atoms with E-state index in [1.165, 1.54) is 5.56 Å². The smallest absolute Gasteiger partial charge is 0.255 e. The van der Waals surface area contributed by atoms with Crippen molar-refractivity contribution >= 4 is 35.0 Å². The lowest BCUT2D eigenvalue weighted by Gasteiger charge is -2.46. The van der Waals surface area contributed by atoms with Crippen LogP contribution < -0.4 is 15.0 Å². The van der Waals surface area contributed by atoms with Crippen molar-refractivity contribution in [2.24, 2.45) is 5.41 Å². The number of anilines is 1. The van der Waals surface area contributed by atoms with Crippen LogP contribution in [0.4, 0.5) is 5.82 Å². The summed E-state index contributed by atoms with van der Waals surface area (Å²) in [6.45, 7) is 14.2. The number of pyridine rings is 2. The van der Waals surface area contributed by atoms with Gasteiger partial charge in [-0.25, -0.2) is 9.50 Å². The Hall–Kier alpha value is -5.85. The van der Waals surface area contributed by atoms with Crippen LogP contribution in [-0.2, 0) is 20.9 Å². The molecule has 1 atom stereocenters. The summed E-state index contributed by atoms with van der Waals surface area (Å²) in [4.78, 5) is 66.6. The van der Waals surface area contributed by atoms with Crippen LogP contribution in [0.1, 0.15) is 98.2 Å². The van der Waals surface area contributed by atoms with Crippen molar-refractivity contribution < 1.29 is 23.9 Å². The highest BCUT2D eigenvalue weighted by molar-refractivity contribution is 6.05. The molecule has 5 aliphatic heterocycles. The minimum absolute atomic E-state index is 0.136. The molecule has 1 aromatic carbocycles. The van der Waals surface area contributed by atoms with Crippen LogP contribution in [0.15, 0.2) is 55.0 Å². The van der Waals surface area contributed by atoms with Gasteiger partial charge in [0.15, 0.2) is 0 Å². The van der Waals surface area contributed by atoms with E-state index in [0.29, 0.717) is 48.8 Å². The fraction of sp³-hybridized carbons (Fsp3) is 0.521. The molecule has 0 aliphatic carbocycles. The van der Waals surface area contributed by atoms with Gasteiger partial charge < -0.3 is 24.3 Å². The highest BCUT2D eigenvalue weighted by Crippen LogP contribution is 2.39. The van der Waals surface area contributed by atoms with Crippen LogP contribution in [-0.4, -0.2) is 136 Å². The van der Waals surface area contributed by atoms with Gasteiger partial charge in [-0.2, -0.15) is 10.4 Å². The zero-order chi connectivity index (χ0) is 43.7. The zero-order valence-corrected chi connectivity index (χ0v) is 36.6. The maximum Gasteiger partial charge on any atom is 0.255 e. The van der Waals surface area contributed by atoms with Gasteiger partial charge in [0.2, 0.25) is 17.7 Å². The molecule has 4 fully saturated rings. The van der Waals surface area contributed by atoms with Crippen LogP contribution in [0.25, 0.3) is 16.6 Å². The summed E-state index contributed by atoms with van der Waals surface area (Å²) in [5.74, 6) is 1.50. The molecule has 0 bridgehead atoms. The van der Waals surface area contributed by atoms with Crippen LogP contribution in [0.5, 0.6) is 5.75 Å². The van der Waals surface area contributed by atoms with Crippen LogP contribution in [0.3, 0.4) is 0 Å². The first-order valence-corrected chi connectivity index (χ1v) is 22.9. The standard InChI is InChI=1S/C48H58N10O5/c1-3-48(14-19-55(20-15-48)42-9-6-35(28-50-42)40-26-38(63-4-2)31-58-45(40)37(27-49)29-51-58)32-54-21-23-56(24-22-54)44(60)13-18-53-16-11-33(12-17-53)34-5-7-39-36(25-34)30-57(47(39)62)41-8-10-43(59)52-46(41)61/h5-7,9,25-26,28-29,31,33,41H,3-4,8,10-24,30,32H2,1-2H3,(H,52,59,61). The number of nitrogens with one attached hydrogen (secondary N) is 1. The second-order valence-corrected chi connectivity index (χ2v) is 18.1. The number of nitrogens with zero attached hydrogens (tertiary/aromatic N) is 9. The first kappa shape index (κ1) is 42.5. The van der Waals surface area contributed by atoms with Gasteiger partial charge in [-0.15, -0.1) is 0 Å². The third kappa shape index (κ3) is 8.75. The molecule has 4 amide bonds. The monoisotopic (exact) mass is 854 g/mol. The Morgan fingerprint density at radius 2 is 1.71 bits per heavy atom. The molecule has 1 N–H and O–H groups in total. The van der Waals surface area contributed by atoms with E-state index in [4.69, 9.17) is 9.72 Å². The van der Waals surface area contributed by atoms with Crippen molar-refractivity contribution in [1.82, 2.24) is 39.5 Å². The molecule has 15 heteroatoms. The van der Waals surface area contributed by atoms with E-state index >= 15 is 0 Å². The molecular weight excluding hydrogens is 797 g/mol. The van der Waals surface area contributed by atoms with Crippen LogP contribution >= 0.6 is 0 Å². The van der Waals surface area contributed by atoms with E-state index in [0.717, 1.165) is 126 Å². The number of carbonyl (C=O) groups is 4. The molecule has 9 rings (SSSR count). The molecule has 0 spiro atoms. The van der Waals surface area contributed by atoms with Crippen LogP contribution in [0, 0.1) is 16.7 Å². The quantitative estimate of drug-likeness (QED) is 0.195. The molecule has 4 saturated heterocycles. The molecule has 0 saturated carbocycles. The zero-order valence-electron chi connectivity index (χ0n) is 36.6. The lowest BCUT2D eigenvalue weighted by atomic mass is 9.75. The molecule has 63 heavy (non-hydrogen) atoms. The summed E-state index contributed by atoms with van der Waals surface area (Å²) in [6, 6.07) is 13.9. The summed E-state index contributed by atoms with van der Waals surface area (Å²) in [5.41, 5.74) is 6.12. The summed E-state index contributed by atoms with van der Waals surface area (Å²) in [5, 5.41) is 16.5. The number of hydrogen-bond acceptors (Lipinski definition) is 11. The summed E-state index contributed by atoms with van der Waals surface area (Å²) in [7, 11) is 0. The second-order valence-electron chi connectivity index (χ2n) is 18.1. The number of benzene rings is 1. The fourth-order valence-electron chi connectivity index (χ4n) is 10.6. The topological polar surface area (TPSA) is 160 Å². The number of ether oxygens (including phenoxy) is 1. The molecular formula is C48H58N10O5. The number of likely N-dealkylation sites (tertiary alicyclic amines) is 1. The van der Waals surface area contributed by atoms with Gasteiger partial charge in [0.05, 0.1) is 30.1 Å². The Bertz CT molecular complexity index is 2400. The Morgan fingerprint density at radius 3 is 2.41 bits per heavy atom. The van der Waals surface area contributed by atoms with Crippen molar-refractivity contribution in [2.75, 3.05) is 77.0 Å². The number of imide groups is 1. The largest absolute Gasteiger partial charge is 0.492 e. The second kappa shape index (κ2) is 18.1. The molecule has 15 nitrogen and oxygen atoms in total. The molecule has 3 aromatic heterocycles. The third-order valence-corrected chi connectivity index (χ3v) is 14.5. The maximum atomic E-state index is 13.4. The lowest BCUT2D eigenvalue weighted by Crippen LogP contribution is -2.53. The molecule has 1 unspecified atom stereocenters. The van der Waals surface area contributed by atoms with E-state index in [-0.39, 0.29) is 35.5 Å². The van der Waals surface area contributed by atoms with E-state index in [2.05, 4.69) is 67.3 Å². The Balaban J connectivity index is 0.708. The highest BCUT2D eigenvalue weighted by atomic mass is 16.5. The van der Waals surface area contributed by atoms with Gasteiger partial charge in [-0.1, -0.05) is 19.1 Å². The summed E-state index contributed by atoms with van der Waals surface area (Å²) >= 11 is 0. The number of carbonyl (C=O) groups excluding carboxylic acids is 4. The van der Waals surface area contributed by atoms with E-state index in [1.807, 2.05) is 25.3 Å². The molecule has 4 aromatic rings. The SMILES string of the molecule is CCOc1cc(-c2ccc(N3CCC(CC)(CN4CCN(C(=O)CCN5CCC(c6ccc7c(c6)CN(C6CCC(=O)NC6=O)C7=O)CC5)CC4)CC3)nc2)c2c(C#N)cnn2c1. The first-order chi connectivity index (χ1) is 30.6.